The number of benzene rings is 2. The van der Waals surface area contributed by atoms with Gasteiger partial charge < -0.3 is 10.4 Å². The van der Waals surface area contributed by atoms with Gasteiger partial charge in [-0.25, -0.2) is 9.18 Å². The van der Waals surface area contributed by atoms with Crippen LogP contribution in [0.4, 0.5) is 10.1 Å². The predicted molar refractivity (Wildman–Crippen MR) is 77.1 cm³/mol. The van der Waals surface area contributed by atoms with Crippen molar-refractivity contribution >= 4 is 29.2 Å². The molecule has 108 valence electrons. The highest BCUT2D eigenvalue weighted by atomic mass is 35.5. The predicted octanol–water partition coefficient (Wildman–Crippen LogP) is 3.36. The number of carboxylic acids is 1. The molecule has 2 aromatic carbocycles. The molecule has 0 aliphatic rings. The van der Waals surface area contributed by atoms with E-state index >= 15 is 0 Å². The molecular formula is C15H11ClFNO3. The summed E-state index contributed by atoms with van der Waals surface area (Å²) in [5, 5.41) is 11.4. The molecule has 2 rings (SSSR count). The maximum absolute atomic E-state index is 13.4. The maximum Gasteiger partial charge on any atom is 0.337 e. The SMILES string of the molecule is O=C(Cc1ccccc1F)Nc1ccc(C(=O)O)c(Cl)c1. The van der Waals surface area contributed by atoms with Crippen molar-refractivity contribution in [2.24, 2.45) is 0 Å². The summed E-state index contributed by atoms with van der Waals surface area (Å²) in [6.45, 7) is 0. The Morgan fingerprint density at radius 2 is 1.90 bits per heavy atom. The summed E-state index contributed by atoms with van der Waals surface area (Å²) < 4.78 is 13.4. The van der Waals surface area contributed by atoms with Crippen molar-refractivity contribution in [2.45, 2.75) is 6.42 Å². The van der Waals surface area contributed by atoms with Crippen LogP contribution in [0.2, 0.25) is 5.02 Å². The van der Waals surface area contributed by atoms with Crippen LogP contribution in [-0.2, 0) is 11.2 Å². The first-order valence-electron chi connectivity index (χ1n) is 6.03. The largest absolute Gasteiger partial charge is 0.478 e. The Labute approximate surface area is 125 Å². The Morgan fingerprint density at radius 1 is 1.19 bits per heavy atom. The molecule has 0 saturated heterocycles. The fourth-order valence-corrected chi connectivity index (χ4v) is 2.05. The first-order chi connectivity index (χ1) is 9.97. The summed E-state index contributed by atoms with van der Waals surface area (Å²) in [5.74, 6) is -2.02. The molecule has 6 heteroatoms. The Balaban J connectivity index is 2.08. The molecule has 0 fully saturated rings. The summed E-state index contributed by atoms with van der Waals surface area (Å²) in [6.07, 6.45) is -0.120. The monoisotopic (exact) mass is 307 g/mol. The molecular weight excluding hydrogens is 297 g/mol. The average molecular weight is 308 g/mol. The third kappa shape index (κ3) is 3.79. The molecule has 21 heavy (non-hydrogen) atoms. The van der Waals surface area contributed by atoms with E-state index in [-0.39, 0.29) is 22.6 Å². The first-order valence-corrected chi connectivity index (χ1v) is 6.41. The second kappa shape index (κ2) is 6.37. The maximum atomic E-state index is 13.4. The van der Waals surface area contributed by atoms with Crippen molar-refractivity contribution in [3.63, 3.8) is 0 Å². The van der Waals surface area contributed by atoms with Gasteiger partial charge in [0, 0.05) is 5.69 Å². The van der Waals surface area contributed by atoms with Crippen LogP contribution in [0, 0.1) is 5.82 Å². The normalized spacial score (nSPS) is 10.2. The van der Waals surface area contributed by atoms with Crippen LogP contribution in [0.5, 0.6) is 0 Å². The molecule has 4 nitrogen and oxygen atoms in total. The van der Waals surface area contributed by atoms with E-state index in [1.54, 1.807) is 12.1 Å². The zero-order valence-corrected chi connectivity index (χ0v) is 11.5. The third-order valence-electron chi connectivity index (χ3n) is 2.79. The highest BCUT2D eigenvalue weighted by molar-refractivity contribution is 6.33. The molecule has 2 aromatic rings. The number of aromatic carboxylic acids is 1. The molecule has 0 heterocycles. The number of nitrogens with one attached hydrogen (secondary N) is 1. The number of anilines is 1. The summed E-state index contributed by atoms with van der Waals surface area (Å²) in [4.78, 5) is 22.6. The molecule has 0 unspecified atom stereocenters. The summed E-state index contributed by atoms with van der Waals surface area (Å²) in [6, 6.07) is 10.0. The van der Waals surface area contributed by atoms with Crippen molar-refractivity contribution in [1.29, 1.82) is 0 Å². The van der Waals surface area contributed by atoms with Crippen LogP contribution in [0.25, 0.3) is 0 Å². The zero-order valence-electron chi connectivity index (χ0n) is 10.8. The van der Waals surface area contributed by atoms with Crippen molar-refractivity contribution in [3.05, 3.63) is 64.4 Å². The molecule has 0 saturated carbocycles. The van der Waals surface area contributed by atoms with Gasteiger partial charge in [-0.1, -0.05) is 29.8 Å². The van der Waals surface area contributed by atoms with Crippen LogP contribution < -0.4 is 5.32 Å². The first kappa shape index (κ1) is 15.0. The second-order valence-corrected chi connectivity index (χ2v) is 4.72. The topological polar surface area (TPSA) is 66.4 Å². The van der Waals surface area contributed by atoms with Gasteiger partial charge in [0.1, 0.15) is 5.82 Å². The highest BCUT2D eigenvalue weighted by Gasteiger charge is 2.11. The quantitative estimate of drug-likeness (QED) is 0.910. The van der Waals surface area contributed by atoms with E-state index in [0.717, 1.165) is 0 Å². The van der Waals surface area contributed by atoms with Crippen molar-refractivity contribution in [3.8, 4) is 0 Å². The van der Waals surface area contributed by atoms with Crippen molar-refractivity contribution < 1.29 is 19.1 Å². The fourth-order valence-electron chi connectivity index (χ4n) is 1.79. The van der Waals surface area contributed by atoms with E-state index < -0.39 is 17.7 Å². The molecule has 0 spiro atoms. The smallest absolute Gasteiger partial charge is 0.337 e. The van der Waals surface area contributed by atoms with Gasteiger partial charge in [0.15, 0.2) is 0 Å². The Bertz CT molecular complexity index is 703. The molecule has 0 aromatic heterocycles. The number of rotatable bonds is 4. The van der Waals surface area contributed by atoms with Crippen LogP contribution >= 0.6 is 11.6 Å². The standard InChI is InChI=1S/C15H11ClFNO3/c16-12-8-10(5-6-11(12)15(20)21)18-14(19)7-9-3-1-2-4-13(9)17/h1-6,8H,7H2,(H,18,19)(H,20,21). The molecule has 0 aliphatic carbocycles. The van der Waals surface area contributed by atoms with Crippen molar-refractivity contribution in [2.75, 3.05) is 5.32 Å². The van der Waals surface area contributed by atoms with Gasteiger partial charge in [0.25, 0.3) is 0 Å². The molecule has 1 amide bonds. The van der Waals surface area contributed by atoms with E-state index in [0.29, 0.717) is 5.69 Å². The van der Waals surface area contributed by atoms with Gasteiger partial charge in [0.2, 0.25) is 5.91 Å². The molecule has 2 N–H and O–H groups in total. The van der Waals surface area contributed by atoms with Gasteiger partial charge in [0.05, 0.1) is 17.0 Å². The van der Waals surface area contributed by atoms with Crippen LogP contribution in [-0.4, -0.2) is 17.0 Å². The minimum atomic E-state index is -1.15. The minimum Gasteiger partial charge on any atom is -0.478 e. The zero-order chi connectivity index (χ0) is 15.4. The summed E-state index contributed by atoms with van der Waals surface area (Å²) in [5.41, 5.74) is 0.582. The van der Waals surface area contributed by atoms with Gasteiger partial charge in [-0.3, -0.25) is 4.79 Å². The second-order valence-electron chi connectivity index (χ2n) is 4.32. The van der Waals surface area contributed by atoms with Gasteiger partial charge in [-0.2, -0.15) is 0 Å². The minimum absolute atomic E-state index is 0.0196. The van der Waals surface area contributed by atoms with E-state index in [4.69, 9.17) is 16.7 Å². The van der Waals surface area contributed by atoms with E-state index in [1.165, 1.54) is 30.3 Å². The highest BCUT2D eigenvalue weighted by Crippen LogP contribution is 2.21. The number of carboxylic acid groups (broad SMARTS) is 1. The third-order valence-corrected chi connectivity index (χ3v) is 3.10. The molecule has 0 aliphatic heterocycles. The summed E-state index contributed by atoms with van der Waals surface area (Å²) >= 11 is 5.80. The number of hydrogen-bond acceptors (Lipinski definition) is 2. The van der Waals surface area contributed by atoms with Gasteiger partial charge >= 0.3 is 5.97 Å². The molecule has 0 atom stereocenters. The number of amides is 1. The summed E-state index contributed by atoms with van der Waals surface area (Å²) in [7, 11) is 0. The molecule has 0 radical (unpaired) electrons. The number of carbonyl (C=O) groups is 2. The number of hydrogen-bond donors (Lipinski definition) is 2. The van der Waals surface area contributed by atoms with Gasteiger partial charge in [-0.15, -0.1) is 0 Å². The van der Waals surface area contributed by atoms with Gasteiger partial charge in [-0.05, 0) is 29.8 Å². The Kier molecular flexibility index (Phi) is 4.55. The lowest BCUT2D eigenvalue weighted by atomic mass is 10.1. The number of halogens is 2. The Hall–Kier alpha value is -2.40. The van der Waals surface area contributed by atoms with Crippen LogP contribution in [0.1, 0.15) is 15.9 Å². The molecule has 0 bridgehead atoms. The van der Waals surface area contributed by atoms with Crippen molar-refractivity contribution in [1.82, 2.24) is 0 Å². The van der Waals surface area contributed by atoms with Crippen LogP contribution in [0.15, 0.2) is 42.5 Å². The lowest BCUT2D eigenvalue weighted by Gasteiger charge is -2.07. The lowest BCUT2D eigenvalue weighted by molar-refractivity contribution is -0.115. The fraction of sp³-hybridized carbons (Fsp3) is 0.0667. The van der Waals surface area contributed by atoms with E-state index in [2.05, 4.69) is 5.32 Å². The van der Waals surface area contributed by atoms with Crippen LogP contribution in [0.3, 0.4) is 0 Å². The Morgan fingerprint density at radius 3 is 2.52 bits per heavy atom. The number of carbonyl (C=O) groups excluding carboxylic acids is 1. The lowest BCUT2D eigenvalue weighted by Crippen LogP contribution is -2.15. The van der Waals surface area contributed by atoms with E-state index in [1.807, 2.05) is 0 Å². The van der Waals surface area contributed by atoms with E-state index in [9.17, 15) is 14.0 Å². The average Bonchev–Trinajstić information content (AvgIpc) is 2.41.